The molecule has 1 aliphatic carbocycles. The van der Waals surface area contributed by atoms with Gasteiger partial charge in [0.15, 0.2) is 0 Å². The lowest BCUT2D eigenvalue weighted by molar-refractivity contribution is -0.385. The van der Waals surface area contributed by atoms with Gasteiger partial charge in [0.05, 0.1) is 9.95 Å². The molecule has 0 spiro atoms. The van der Waals surface area contributed by atoms with Crippen LogP contribution in [0.25, 0.3) is 0 Å². The Balaban J connectivity index is 1.57. The zero-order chi connectivity index (χ0) is 25.2. The second-order valence-electron chi connectivity index (χ2n) is 8.63. The number of hydrogen-bond donors (Lipinski definition) is 0. The SMILES string of the molecule is O=C(C1CCCCC1)N1CCN(S(=O)(=O)c2cc([N+](=O)[O-])ccc2Sc2cc(Cl)ccc2Cl)CC1. The Bertz CT molecular complexity index is 1230. The molecule has 0 N–H and O–H groups in total. The molecule has 0 unspecified atom stereocenters. The van der Waals surface area contributed by atoms with E-state index >= 15 is 0 Å². The molecule has 35 heavy (non-hydrogen) atoms. The minimum Gasteiger partial charge on any atom is -0.340 e. The van der Waals surface area contributed by atoms with Crippen LogP contribution in [0.2, 0.25) is 10.0 Å². The summed E-state index contributed by atoms with van der Waals surface area (Å²) >= 11 is 13.4. The first-order valence-electron chi connectivity index (χ1n) is 11.4. The van der Waals surface area contributed by atoms with Gasteiger partial charge in [-0.05, 0) is 37.1 Å². The van der Waals surface area contributed by atoms with Crippen LogP contribution in [-0.2, 0) is 14.8 Å². The van der Waals surface area contributed by atoms with Gasteiger partial charge >= 0.3 is 0 Å². The predicted molar refractivity (Wildman–Crippen MR) is 136 cm³/mol. The highest BCUT2D eigenvalue weighted by Crippen LogP contribution is 2.40. The fourth-order valence-electron chi connectivity index (χ4n) is 4.47. The van der Waals surface area contributed by atoms with Crippen molar-refractivity contribution in [1.82, 2.24) is 9.21 Å². The smallest absolute Gasteiger partial charge is 0.270 e. The van der Waals surface area contributed by atoms with E-state index in [1.807, 2.05) is 0 Å². The highest BCUT2D eigenvalue weighted by Gasteiger charge is 2.35. The van der Waals surface area contributed by atoms with Gasteiger partial charge in [-0.15, -0.1) is 0 Å². The molecule has 2 fully saturated rings. The average molecular weight is 559 g/mol. The number of carbonyl (C=O) groups excluding carboxylic acids is 1. The number of amides is 1. The van der Waals surface area contributed by atoms with Crippen molar-refractivity contribution in [2.24, 2.45) is 5.92 Å². The first-order valence-corrected chi connectivity index (χ1v) is 14.4. The summed E-state index contributed by atoms with van der Waals surface area (Å²) < 4.78 is 28.6. The molecule has 8 nitrogen and oxygen atoms in total. The zero-order valence-corrected chi connectivity index (χ0v) is 22.0. The van der Waals surface area contributed by atoms with Crippen LogP contribution in [0, 0.1) is 16.0 Å². The summed E-state index contributed by atoms with van der Waals surface area (Å²) in [6.45, 7) is 0.856. The number of nitro groups is 1. The van der Waals surface area contributed by atoms with Crippen LogP contribution in [0.4, 0.5) is 5.69 Å². The molecule has 2 aromatic carbocycles. The van der Waals surface area contributed by atoms with Crippen LogP contribution in [-0.4, -0.2) is 54.6 Å². The van der Waals surface area contributed by atoms with E-state index in [-0.39, 0.29) is 35.5 Å². The van der Waals surface area contributed by atoms with Gasteiger partial charge < -0.3 is 4.90 Å². The molecule has 0 radical (unpaired) electrons. The number of halogens is 2. The maximum Gasteiger partial charge on any atom is 0.270 e. The van der Waals surface area contributed by atoms with E-state index in [4.69, 9.17) is 23.2 Å². The molecule has 12 heteroatoms. The molecule has 4 rings (SSSR count). The van der Waals surface area contributed by atoms with Gasteiger partial charge in [-0.1, -0.05) is 54.2 Å². The molecule has 1 saturated heterocycles. The van der Waals surface area contributed by atoms with Crippen LogP contribution in [0.1, 0.15) is 32.1 Å². The Morgan fingerprint density at radius 1 is 0.971 bits per heavy atom. The summed E-state index contributed by atoms with van der Waals surface area (Å²) in [6, 6.07) is 8.60. The average Bonchev–Trinajstić information content (AvgIpc) is 2.86. The molecule has 1 aliphatic heterocycles. The lowest BCUT2D eigenvalue weighted by Crippen LogP contribution is -2.52. The summed E-state index contributed by atoms with van der Waals surface area (Å²) in [4.78, 5) is 26.1. The van der Waals surface area contributed by atoms with Gasteiger partial charge in [0.1, 0.15) is 4.90 Å². The zero-order valence-electron chi connectivity index (χ0n) is 18.9. The van der Waals surface area contributed by atoms with Gasteiger partial charge in [0, 0.05) is 59.0 Å². The number of benzene rings is 2. The third-order valence-corrected chi connectivity index (χ3v) is 10.3. The van der Waals surface area contributed by atoms with E-state index in [1.165, 1.54) is 16.4 Å². The Kier molecular flexibility index (Phi) is 8.27. The fraction of sp³-hybridized carbons (Fsp3) is 0.435. The summed E-state index contributed by atoms with van der Waals surface area (Å²) in [5.41, 5.74) is -0.323. The number of sulfonamides is 1. The van der Waals surface area contributed by atoms with Crippen molar-refractivity contribution in [3.63, 3.8) is 0 Å². The Hall–Kier alpha value is -1.85. The topological polar surface area (TPSA) is 101 Å². The van der Waals surface area contributed by atoms with Crippen LogP contribution < -0.4 is 0 Å². The van der Waals surface area contributed by atoms with Crippen molar-refractivity contribution < 1.29 is 18.1 Å². The number of piperazine rings is 1. The second kappa shape index (κ2) is 11.0. The van der Waals surface area contributed by atoms with E-state index in [2.05, 4.69) is 0 Å². The molecule has 2 aromatic rings. The van der Waals surface area contributed by atoms with Gasteiger partial charge in [-0.25, -0.2) is 8.42 Å². The first-order chi connectivity index (χ1) is 16.7. The third-order valence-electron chi connectivity index (χ3n) is 6.37. The number of carbonyl (C=O) groups is 1. The van der Waals surface area contributed by atoms with Crippen LogP contribution >= 0.6 is 35.0 Å². The van der Waals surface area contributed by atoms with Crippen LogP contribution in [0.15, 0.2) is 51.1 Å². The van der Waals surface area contributed by atoms with Gasteiger partial charge in [0.2, 0.25) is 15.9 Å². The molecule has 1 heterocycles. The summed E-state index contributed by atoms with van der Waals surface area (Å²) in [6.07, 6.45) is 5.03. The number of rotatable bonds is 6. The van der Waals surface area contributed by atoms with Gasteiger partial charge in [-0.3, -0.25) is 14.9 Å². The molecule has 0 bridgehead atoms. The fourth-order valence-corrected chi connectivity index (χ4v) is 7.77. The molecule has 1 amide bonds. The molecule has 0 aromatic heterocycles. The van der Waals surface area contributed by atoms with Gasteiger partial charge in [0.25, 0.3) is 5.69 Å². The summed E-state index contributed by atoms with van der Waals surface area (Å²) in [5, 5.41) is 12.2. The Morgan fingerprint density at radius 2 is 1.66 bits per heavy atom. The minimum absolute atomic E-state index is 0.0223. The number of non-ortho nitro benzene ring substituents is 1. The maximum absolute atomic E-state index is 13.6. The molecule has 1 saturated carbocycles. The van der Waals surface area contributed by atoms with E-state index in [9.17, 15) is 23.3 Å². The first kappa shape index (κ1) is 26.2. The van der Waals surface area contributed by atoms with Crippen molar-refractivity contribution in [2.75, 3.05) is 26.2 Å². The number of hydrogen-bond acceptors (Lipinski definition) is 6. The number of nitrogens with zero attached hydrogens (tertiary/aromatic N) is 3. The van der Waals surface area contributed by atoms with Crippen molar-refractivity contribution in [1.29, 1.82) is 0 Å². The van der Waals surface area contributed by atoms with E-state index in [0.717, 1.165) is 49.9 Å². The molecular formula is C23H25Cl2N3O5S2. The van der Waals surface area contributed by atoms with Crippen LogP contribution in [0.5, 0.6) is 0 Å². The van der Waals surface area contributed by atoms with Crippen molar-refractivity contribution in [3.05, 3.63) is 56.6 Å². The second-order valence-corrected chi connectivity index (χ2v) is 12.5. The largest absolute Gasteiger partial charge is 0.340 e. The number of nitro benzene ring substituents is 1. The predicted octanol–water partition coefficient (Wildman–Crippen LogP) is 5.47. The monoisotopic (exact) mass is 557 g/mol. The van der Waals surface area contributed by atoms with E-state index < -0.39 is 14.9 Å². The Morgan fingerprint density at radius 3 is 2.31 bits per heavy atom. The van der Waals surface area contributed by atoms with E-state index in [1.54, 1.807) is 23.1 Å². The minimum atomic E-state index is -4.07. The lowest BCUT2D eigenvalue weighted by Gasteiger charge is -2.36. The lowest BCUT2D eigenvalue weighted by atomic mass is 9.88. The van der Waals surface area contributed by atoms with Crippen molar-refractivity contribution >= 4 is 56.6 Å². The molecule has 0 atom stereocenters. The summed E-state index contributed by atoms with van der Waals surface area (Å²) in [5.74, 6) is 0.123. The molecule has 188 valence electrons. The van der Waals surface area contributed by atoms with Crippen molar-refractivity contribution in [2.45, 2.75) is 46.8 Å². The van der Waals surface area contributed by atoms with Crippen molar-refractivity contribution in [3.8, 4) is 0 Å². The Labute approximate surface area is 218 Å². The van der Waals surface area contributed by atoms with Gasteiger partial charge in [-0.2, -0.15) is 4.31 Å². The summed E-state index contributed by atoms with van der Waals surface area (Å²) in [7, 11) is -4.07. The third kappa shape index (κ3) is 5.94. The molecular weight excluding hydrogens is 533 g/mol. The van der Waals surface area contributed by atoms with Crippen LogP contribution in [0.3, 0.4) is 0 Å². The quantitative estimate of drug-likeness (QED) is 0.345. The van der Waals surface area contributed by atoms with E-state index in [0.29, 0.717) is 32.9 Å². The highest BCUT2D eigenvalue weighted by molar-refractivity contribution is 8.00. The standard InChI is InChI=1S/C23H25Cl2N3O5S2/c24-17-6-8-19(25)21(14-17)34-20-9-7-18(28(30)31)15-22(20)35(32,33)27-12-10-26(11-13-27)23(29)16-4-2-1-3-5-16/h6-9,14-16H,1-5,10-13H2. The highest BCUT2D eigenvalue weighted by atomic mass is 35.5. The molecule has 2 aliphatic rings. The maximum atomic E-state index is 13.6. The normalized spacial score (nSPS) is 17.9.